The van der Waals surface area contributed by atoms with Crippen molar-refractivity contribution in [3.8, 4) is 0 Å². The van der Waals surface area contributed by atoms with Crippen LogP contribution in [0.5, 0.6) is 0 Å². The number of nitrogens with zero attached hydrogens (tertiary/aromatic N) is 1. The topological polar surface area (TPSA) is 122 Å². The molecule has 0 radical (unpaired) electrons. The average Bonchev–Trinajstić information content (AvgIpc) is 2.38. The molecule has 0 saturated carbocycles. The van der Waals surface area contributed by atoms with Gasteiger partial charge < -0.3 is 15.7 Å². The maximum atomic E-state index is 11.6. The van der Waals surface area contributed by atoms with E-state index in [2.05, 4.69) is 10.6 Å². The highest BCUT2D eigenvalue weighted by molar-refractivity contribution is 5.89. The van der Waals surface area contributed by atoms with Crippen molar-refractivity contribution in [1.82, 2.24) is 5.32 Å². The Morgan fingerprint density at radius 3 is 2.29 bits per heavy atom. The first-order valence-electron chi connectivity index (χ1n) is 6.33. The molecule has 1 aromatic rings. The van der Waals surface area contributed by atoms with Crippen LogP contribution in [0.15, 0.2) is 24.3 Å². The van der Waals surface area contributed by atoms with E-state index in [0.29, 0.717) is 5.69 Å². The Labute approximate surface area is 121 Å². The molecule has 1 unspecified atom stereocenters. The Balaban J connectivity index is 2.53. The minimum absolute atomic E-state index is 0.00577. The maximum absolute atomic E-state index is 11.6. The number of nitro benzene ring substituents is 1. The van der Waals surface area contributed by atoms with Crippen molar-refractivity contribution in [3.05, 3.63) is 34.4 Å². The molecule has 8 heteroatoms. The van der Waals surface area contributed by atoms with Gasteiger partial charge >= 0.3 is 12.0 Å². The van der Waals surface area contributed by atoms with E-state index in [1.54, 1.807) is 13.8 Å². The molecule has 1 atom stereocenters. The molecule has 0 heterocycles. The van der Waals surface area contributed by atoms with Crippen LogP contribution >= 0.6 is 0 Å². The zero-order valence-electron chi connectivity index (χ0n) is 11.7. The van der Waals surface area contributed by atoms with Crippen molar-refractivity contribution < 1.29 is 19.6 Å². The molecule has 0 fully saturated rings. The summed E-state index contributed by atoms with van der Waals surface area (Å²) in [5.41, 5.74) is 0.307. The molecular weight excluding hydrogens is 278 g/mol. The van der Waals surface area contributed by atoms with Gasteiger partial charge in [0.05, 0.1) is 10.8 Å². The smallest absolute Gasteiger partial charge is 0.319 e. The highest BCUT2D eigenvalue weighted by Crippen LogP contribution is 2.15. The summed E-state index contributed by atoms with van der Waals surface area (Å²) in [4.78, 5) is 32.6. The highest BCUT2D eigenvalue weighted by atomic mass is 16.6. The van der Waals surface area contributed by atoms with E-state index < -0.39 is 22.8 Å². The van der Waals surface area contributed by atoms with E-state index in [-0.39, 0.29) is 18.2 Å². The lowest BCUT2D eigenvalue weighted by atomic mass is 9.96. The molecular formula is C13H17N3O5. The lowest BCUT2D eigenvalue weighted by Gasteiger charge is -2.16. The molecule has 0 saturated heterocycles. The normalized spacial score (nSPS) is 11.8. The van der Waals surface area contributed by atoms with Crippen molar-refractivity contribution in [2.45, 2.75) is 13.8 Å². The van der Waals surface area contributed by atoms with Crippen LogP contribution in [0.1, 0.15) is 13.8 Å². The zero-order chi connectivity index (χ0) is 16.0. The van der Waals surface area contributed by atoms with Crippen LogP contribution < -0.4 is 10.6 Å². The Kier molecular flexibility index (Phi) is 5.65. The van der Waals surface area contributed by atoms with E-state index in [1.807, 2.05) is 0 Å². The van der Waals surface area contributed by atoms with E-state index >= 15 is 0 Å². The number of carbonyl (C=O) groups excluding carboxylic acids is 1. The number of carboxylic acid groups (broad SMARTS) is 1. The summed E-state index contributed by atoms with van der Waals surface area (Å²) in [6.45, 7) is 3.52. The molecule has 3 N–H and O–H groups in total. The number of hydrogen-bond acceptors (Lipinski definition) is 4. The molecule has 21 heavy (non-hydrogen) atoms. The van der Waals surface area contributed by atoms with Crippen molar-refractivity contribution in [2.24, 2.45) is 11.8 Å². The molecule has 2 amide bonds. The van der Waals surface area contributed by atoms with Crippen LogP contribution in [0.25, 0.3) is 0 Å². The second-order valence-electron chi connectivity index (χ2n) is 4.83. The molecule has 1 rings (SSSR count). The lowest BCUT2D eigenvalue weighted by molar-refractivity contribution is -0.384. The predicted molar refractivity (Wildman–Crippen MR) is 76.1 cm³/mol. The Bertz CT molecular complexity index is 527. The van der Waals surface area contributed by atoms with Crippen LogP contribution in [0, 0.1) is 22.0 Å². The minimum Gasteiger partial charge on any atom is -0.481 e. The van der Waals surface area contributed by atoms with Gasteiger partial charge in [-0.1, -0.05) is 13.8 Å². The monoisotopic (exact) mass is 295 g/mol. The molecule has 0 aliphatic rings. The second-order valence-corrected chi connectivity index (χ2v) is 4.83. The first-order valence-corrected chi connectivity index (χ1v) is 6.33. The lowest BCUT2D eigenvalue weighted by Crippen LogP contribution is -2.37. The van der Waals surface area contributed by atoms with Gasteiger partial charge in [-0.15, -0.1) is 0 Å². The number of rotatable bonds is 6. The molecule has 8 nitrogen and oxygen atoms in total. The largest absolute Gasteiger partial charge is 0.481 e. The Morgan fingerprint density at radius 1 is 1.29 bits per heavy atom. The summed E-state index contributed by atoms with van der Waals surface area (Å²) in [5, 5.41) is 24.4. The summed E-state index contributed by atoms with van der Waals surface area (Å²) in [6.07, 6.45) is 0. The van der Waals surface area contributed by atoms with Crippen molar-refractivity contribution in [1.29, 1.82) is 0 Å². The van der Waals surface area contributed by atoms with Gasteiger partial charge in [-0.05, 0) is 18.1 Å². The number of anilines is 1. The molecule has 114 valence electrons. The number of urea groups is 1. The number of amides is 2. The number of carboxylic acids is 1. The molecule has 0 aromatic heterocycles. The van der Waals surface area contributed by atoms with Gasteiger partial charge in [0.2, 0.25) is 0 Å². The minimum atomic E-state index is -0.972. The van der Waals surface area contributed by atoms with E-state index in [1.165, 1.54) is 24.3 Å². The summed E-state index contributed by atoms with van der Waals surface area (Å²) in [7, 11) is 0. The average molecular weight is 295 g/mol. The van der Waals surface area contributed by atoms with Gasteiger partial charge in [0.25, 0.3) is 5.69 Å². The fourth-order valence-corrected chi connectivity index (χ4v) is 1.65. The van der Waals surface area contributed by atoms with Crippen LogP contribution in [-0.4, -0.2) is 28.6 Å². The number of nitrogens with one attached hydrogen (secondary N) is 2. The van der Waals surface area contributed by atoms with E-state index in [4.69, 9.17) is 5.11 Å². The van der Waals surface area contributed by atoms with Crippen molar-refractivity contribution in [2.75, 3.05) is 11.9 Å². The number of nitro groups is 1. The highest BCUT2D eigenvalue weighted by Gasteiger charge is 2.21. The molecule has 0 bridgehead atoms. The molecule has 0 spiro atoms. The van der Waals surface area contributed by atoms with Crippen LogP contribution in [0.4, 0.5) is 16.2 Å². The zero-order valence-corrected chi connectivity index (χ0v) is 11.7. The summed E-state index contributed by atoms with van der Waals surface area (Å²) in [6, 6.07) is 4.77. The number of carbonyl (C=O) groups is 2. The summed E-state index contributed by atoms with van der Waals surface area (Å²) in [5.74, 6) is -1.75. The third kappa shape index (κ3) is 5.09. The fraction of sp³-hybridized carbons (Fsp3) is 0.385. The third-order valence-corrected chi connectivity index (χ3v) is 2.94. The molecule has 0 aliphatic carbocycles. The number of hydrogen-bond donors (Lipinski definition) is 3. The second kappa shape index (κ2) is 7.22. The first-order chi connectivity index (χ1) is 9.81. The van der Waals surface area contributed by atoms with Crippen LogP contribution in [0.2, 0.25) is 0 Å². The van der Waals surface area contributed by atoms with Gasteiger partial charge in [0, 0.05) is 24.4 Å². The van der Waals surface area contributed by atoms with Crippen molar-refractivity contribution >= 4 is 23.4 Å². The van der Waals surface area contributed by atoms with E-state index in [0.717, 1.165) is 0 Å². The van der Waals surface area contributed by atoms with Gasteiger partial charge in [0.15, 0.2) is 0 Å². The Hall–Kier alpha value is -2.64. The molecule has 1 aromatic carbocycles. The number of aliphatic carboxylic acids is 1. The SMILES string of the molecule is CC(C)C(CNC(=O)Nc1ccc([N+](=O)[O-])cc1)C(=O)O. The fourth-order valence-electron chi connectivity index (χ4n) is 1.65. The first kappa shape index (κ1) is 16.4. The van der Waals surface area contributed by atoms with Gasteiger partial charge in [0.1, 0.15) is 0 Å². The summed E-state index contributed by atoms with van der Waals surface area (Å²) < 4.78 is 0. The predicted octanol–water partition coefficient (Wildman–Crippen LogP) is 2.07. The summed E-state index contributed by atoms with van der Waals surface area (Å²) >= 11 is 0. The van der Waals surface area contributed by atoms with Gasteiger partial charge in [-0.3, -0.25) is 14.9 Å². The maximum Gasteiger partial charge on any atom is 0.319 e. The number of benzene rings is 1. The standard InChI is InChI=1S/C13H17N3O5/c1-8(2)11(12(17)18)7-14-13(19)15-9-3-5-10(6-4-9)16(20)21/h3-6,8,11H,7H2,1-2H3,(H,17,18)(H2,14,15,19). The third-order valence-electron chi connectivity index (χ3n) is 2.94. The molecule has 0 aliphatic heterocycles. The number of non-ortho nitro benzene ring substituents is 1. The van der Waals surface area contributed by atoms with Crippen LogP contribution in [-0.2, 0) is 4.79 Å². The van der Waals surface area contributed by atoms with Gasteiger partial charge in [-0.2, -0.15) is 0 Å². The van der Waals surface area contributed by atoms with Crippen molar-refractivity contribution in [3.63, 3.8) is 0 Å². The Morgan fingerprint density at radius 2 is 1.86 bits per heavy atom. The van der Waals surface area contributed by atoms with E-state index in [9.17, 15) is 19.7 Å². The quantitative estimate of drug-likeness (QED) is 0.548. The van der Waals surface area contributed by atoms with Gasteiger partial charge in [-0.25, -0.2) is 4.79 Å². The van der Waals surface area contributed by atoms with Crippen LogP contribution in [0.3, 0.4) is 0 Å².